The van der Waals surface area contributed by atoms with Crippen LogP contribution in [0.15, 0.2) is 24.7 Å². The number of fused-ring (bicyclic) bond motifs is 1. The van der Waals surface area contributed by atoms with Crippen molar-refractivity contribution in [3.05, 3.63) is 33.8 Å². The molecule has 1 heterocycles. The van der Waals surface area contributed by atoms with E-state index in [4.69, 9.17) is 0 Å². The minimum absolute atomic E-state index is 1.05. The number of hydrogen-bond donors (Lipinski definition) is 0. The van der Waals surface area contributed by atoms with Gasteiger partial charge in [0.1, 0.15) is 6.33 Å². The fourth-order valence-electron chi connectivity index (χ4n) is 1.24. The van der Waals surface area contributed by atoms with E-state index in [9.17, 15) is 0 Å². The molecule has 0 spiro atoms. The summed E-state index contributed by atoms with van der Waals surface area (Å²) >= 11 is 2.30. The topological polar surface area (TPSA) is 25.8 Å². The van der Waals surface area contributed by atoms with Gasteiger partial charge in [-0.1, -0.05) is 0 Å². The molecule has 1 aromatic carbocycles. The van der Waals surface area contributed by atoms with Crippen LogP contribution in [0.4, 0.5) is 0 Å². The molecule has 0 amide bonds. The van der Waals surface area contributed by atoms with Crippen LogP contribution in [-0.4, -0.2) is 9.97 Å². The van der Waals surface area contributed by atoms with Gasteiger partial charge in [0.25, 0.3) is 0 Å². The third kappa shape index (κ3) is 1.29. The van der Waals surface area contributed by atoms with Gasteiger partial charge in [-0.25, -0.2) is 9.97 Å². The van der Waals surface area contributed by atoms with Crippen LogP contribution in [0.1, 0.15) is 5.56 Å². The molecule has 2 rings (SSSR count). The Balaban J connectivity index is 2.89. The van der Waals surface area contributed by atoms with Crippen molar-refractivity contribution in [2.24, 2.45) is 0 Å². The SMILES string of the molecule is Cc1cc(I)cc2cncnc12. The van der Waals surface area contributed by atoms with Crippen molar-refractivity contribution in [3.8, 4) is 0 Å². The van der Waals surface area contributed by atoms with E-state index < -0.39 is 0 Å². The van der Waals surface area contributed by atoms with Crippen LogP contribution in [-0.2, 0) is 0 Å². The highest BCUT2D eigenvalue weighted by Gasteiger charge is 1.98. The molecule has 0 bridgehead atoms. The molecule has 60 valence electrons. The second-order valence-electron chi connectivity index (χ2n) is 2.68. The molecule has 12 heavy (non-hydrogen) atoms. The zero-order chi connectivity index (χ0) is 8.55. The predicted molar refractivity (Wildman–Crippen MR) is 57.0 cm³/mol. The predicted octanol–water partition coefficient (Wildman–Crippen LogP) is 2.54. The summed E-state index contributed by atoms with van der Waals surface area (Å²) in [5.74, 6) is 0. The molecule has 0 saturated heterocycles. The average molecular weight is 270 g/mol. The first-order valence-corrected chi connectivity index (χ1v) is 4.71. The standard InChI is InChI=1S/C9H7IN2/c1-6-2-8(10)3-7-4-11-5-12-9(6)7/h2-5H,1H3. The van der Waals surface area contributed by atoms with E-state index in [0.717, 1.165) is 10.9 Å². The van der Waals surface area contributed by atoms with E-state index in [2.05, 4.69) is 51.6 Å². The quantitative estimate of drug-likeness (QED) is 0.687. The Morgan fingerprint density at radius 1 is 1.33 bits per heavy atom. The number of aryl methyl sites for hydroxylation is 1. The van der Waals surface area contributed by atoms with Crippen LogP contribution < -0.4 is 0 Å². The first-order valence-electron chi connectivity index (χ1n) is 3.63. The smallest absolute Gasteiger partial charge is 0.116 e. The van der Waals surface area contributed by atoms with E-state index in [1.165, 1.54) is 9.13 Å². The first-order chi connectivity index (χ1) is 5.77. The minimum Gasteiger partial charge on any atom is -0.244 e. The highest BCUT2D eigenvalue weighted by atomic mass is 127. The number of nitrogens with zero attached hydrogens (tertiary/aromatic N) is 2. The molecule has 0 aliphatic heterocycles. The number of benzene rings is 1. The largest absolute Gasteiger partial charge is 0.244 e. The molecule has 1 aromatic heterocycles. The molecule has 0 atom stereocenters. The Morgan fingerprint density at radius 3 is 3.00 bits per heavy atom. The van der Waals surface area contributed by atoms with Crippen LogP contribution in [0.25, 0.3) is 10.9 Å². The Bertz CT molecular complexity index is 426. The van der Waals surface area contributed by atoms with Gasteiger partial charge < -0.3 is 0 Å². The van der Waals surface area contributed by atoms with Crippen molar-refractivity contribution in [1.29, 1.82) is 0 Å². The number of halogens is 1. The Labute approximate surface area is 84.2 Å². The zero-order valence-electron chi connectivity index (χ0n) is 6.58. The third-order valence-electron chi connectivity index (χ3n) is 1.76. The molecule has 3 heteroatoms. The Hall–Kier alpha value is -0.710. The Kier molecular flexibility index (Phi) is 1.96. The lowest BCUT2D eigenvalue weighted by molar-refractivity contribution is 1.21. The van der Waals surface area contributed by atoms with E-state index >= 15 is 0 Å². The molecule has 0 radical (unpaired) electrons. The number of aromatic nitrogens is 2. The van der Waals surface area contributed by atoms with Gasteiger partial charge in [-0.15, -0.1) is 0 Å². The lowest BCUT2D eigenvalue weighted by Crippen LogP contribution is -1.85. The maximum Gasteiger partial charge on any atom is 0.116 e. The molecule has 0 N–H and O–H groups in total. The Morgan fingerprint density at radius 2 is 2.17 bits per heavy atom. The number of rotatable bonds is 0. The van der Waals surface area contributed by atoms with Crippen LogP contribution >= 0.6 is 22.6 Å². The molecule has 2 nitrogen and oxygen atoms in total. The molecule has 0 fully saturated rings. The summed E-state index contributed by atoms with van der Waals surface area (Å²) in [4.78, 5) is 8.19. The van der Waals surface area contributed by atoms with Crippen LogP contribution in [0.5, 0.6) is 0 Å². The maximum absolute atomic E-state index is 4.21. The normalized spacial score (nSPS) is 10.5. The van der Waals surface area contributed by atoms with E-state index in [1.54, 1.807) is 6.33 Å². The van der Waals surface area contributed by atoms with E-state index in [1.807, 2.05) is 6.20 Å². The van der Waals surface area contributed by atoms with E-state index in [0.29, 0.717) is 0 Å². The van der Waals surface area contributed by atoms with Crippen molar-refractivity contribution in [2.45, 2.75) is 6.92 Å². The first kappa shape index (κ1) is 7.91. The van der Waals surface area contributed by atoms with Gasteiger partial charge in [-0.3, -0.25) is 0 Å². The lowest BCUT2D eigenvalue weighted by Gasteiger charge is -2.00. The fraction of sp³-hybridized carbons (Fsp3) is 0.111. The van der Waals surface area contributed by atoms with E-state index in [-0.39, 0.29) is 0 Å². The fourth-order valence-corrected chi connectivity index (χ4v) is 2.04. The van der Waals surface area contributed by atoms with Gasteiger partial charge in [0, 0.05) is 15.2 Å². The van der Waals surface area contributed by atoms with Gasteiger partial charge in [0.2, 0.25) is 0 Å². The van der Waals surface area contributed by atoms with Crippen LogP contribution in [0.2, 0.25) is 0 Å². The molecule has 0 unspecified atom stereocenters. The third-order valence-corrected chi connectivity index (χ3v) is 2.38. The average Bonchev–Trinajstić information content (AvgIpc) is 2.04. The zero-order valence-corrected chi connectivity index (χ0v) is 8.74. The highest BCUT2D eigenvalue weighted by molar-refractivity contribution is 14.1. The van der Waals surface area contributed by atoms with Gasteiger partial charge in [0.15, 0.2) is 0 Å². The summed E-state index contributed by atoms with van der Waals surface area (Å²) in [6, 6.07) is 4.21. The summed E-state index contributed by atoms with van der Waals surface area (Å²) < 4.78 is 1.23. The summed E-state index contributed by atoms with van der Waals surface area (Å²) in [5, 5.41) is 1.11. The van der Waals surface area contributed by atoms with Gasteiger partial charge in [0.05, 0.1) is 5.52 Å². The van der Waals surface area contributed by atoms with Crippen molar-refractivity contribution < 1.29 is 0 Å². The summed E-state index contributed by atoms with van der Waals surface area (Å²) in [6.07, 6.45) is 3.43. The van der Waals surface area contributed by atoms with Gasteiger partial charge in [-0.2, -0.15) is 0 Å². The molecule has 0 aliphatic rings. The van der Waals surface area contributed by atoms with Crippen molar-refractivity contribution >= 4 is 33.5 Å². The summed E-state index contributed by atoms with van der Waals surface area (Å²) in [7, 11) is 0. The molecule has 0 saturated carbocycles. The maximum atomic E-state index is 4.21. The van der Waals surface area contributed by atoms with Crippen LogP contribution in [0.3, 0.4) is 0 Å². The highest BCUT2D eigenvalue weighted by Crippen LogP contribution is 2.18. The lowest BCUT2D eigenvalue weighted by atomic mass is 10.1. The van der Waals surface area contributed by atoms with Crippen LogP contribution in [0, 0.1) is 10.5 Å². The number of hydrogen-bond acceptors (Lipinski definition) is 2. The van der Waals surface area contributed by atoms with Gasteiger partial charge in [-0.05, 0) is 47.2 Å². The molecular formula is C9H7IN2. The second kappa shape index (κ2) is 2.97. The monoisotopic (exact) mass is 270 g/mol. The summed E-state index contributed by atoms with van der Waals surface area (Å²) in [5.41, 5.74) is 2.25. The molecular weight excluding hydrogens is 263 g/mol. The molecule has 0 aliphatic carbocycles. The minimum atomic E-state index is 1.05. The van der Waals surface area contributed by atoms with Crippen molar-refractivity contribution in [2.75, 3.05) is 0 Å². The van der Waals surface area contributed by atoms with Crippen molar-refractivity contribution in [1.82, 2.24) is 9.97 Å². The summed E-state index contributed by atoms with van der Waals surface area (Å²) in [6.45, 7) is 2.07. The van der Waals surface area contributed by atoms with Gasteiger partial charge >= 0.3 is 0 Å². The van der Waals surface area contributed by atoms with Crippen molar-refractivity contribution in [3.63, 3.8) is 0 Å². The molecule has 2 aromatic rings. The second-order valence-corrected chi connectivity index (χ2v) is 3.93.